The van der Waals surface area contributed by atoms with Gasteiger partial charge in [-0.05, 0) is 24.1 Å². The zero-order valence-corrected chi connectivity index (χ0v) is 8.93. The van der Waals surface area contributed by atoms with E-state index in [1.165, 1.54) is 6.07 Å². The molecule has 76 valence electrons. The molecule has 0 fully saturated rings. The van der Waals surface area contributed by atoms with Crippen LogP contribution in [0.5, 0.6) is 0 Å². The van der Waals surface area contributed by atoms with Crippen molar-refractivity contribution >= 4 is 29.2 Å². The summed E-state index contributed by atoms with van der Waals surface area (Å²) in [5.74, 6) is -1.09. The molecule has 0 amide bonds. The van der Waals surface area contributed by atoms with Crippen molar-refractivity contribution in [1.29, 1.82) is 0 Å². The van der Waals surface area contributed by atoms with Gasteiger partial charge in [-0.15, -0.1) is 0 Å². The maximum atomic E-state index is 10.6. The molecule has 0 aliphatic carbocycles. The first-order chi connectivity index (χ1) is 6.45. The lowest BCUT2D eigenvalue weighted by molar-refractivity contribution is -0.138. The Bertz CT molecular complexity index is 379. The maximum absolute atomic E-state index is 10.6. The monoisotopic (exact) mass is 233 g/mol. The molecule has 1 atom stereocenters. The molecule has 3 nitrogen and oxygen atoms in total. The van der Waals surface area contributed by atoms with Crippen LogP contribution in [0.25, 0.3) is 0 Å². The van der Waals surface area contributed by atoms with Crippen LogP contribution in [0.4, 0.5) is 0 Å². The molecule has 0 heterocycles. The Kier molecular flexibility index (Phi) is 3.37. The highest BCUT2D eigenvalue weighted by Crippen LogP contribution is 2.30. The quantitative estimate of drug-likeness (QED) is 0.825. The Morgan fingerprint density at radius 3 is 2.57 bits per heavy atom. The minimum atomic E-state index is -1.09. The van der Waals surface area contributed by atoms with Crippen molar-refractivity contribution < 1.29 is 9.90 Å². The molecular weight excluding hydrogens is 225 g/mol. The first-order valence-electron chi connectivity index (χ1n) is 3.88. The number of halogens is 2. The molecule has 0 radical (unpaired) electrons. The second-order valence-corrected chi connectivity index (χ2v) is 3.68. The van der Waals surface area contributed by atoms with Crippen LogP contribution in [-0.2, 0) is 4.79 Å². The molecule has 0 saturated carbocycles. The third-order valence-corrected chi connectivity index (χ3v) is 2.88. The molecule has 1 aromatic carbocycles. The van der Waals surface area contributed by atoms with E-state index >= 15 is 0 Å². The highest BCUT2D eigenvalue weighted by atomic mass is 35.5. The molecule has 5 heteroatoms. The summed E-state index contributed by atoms with van der Waals surface area (Å²) >= 11 is 11.6. The van der Waals surface area contributed by atoms with E-state index in [2.05, 4.69) is 0 Å². The summed E-state index contributed by atoms with van der Waals surface area (Å²) in [5, 5.41) is 9.46. The summed E-state index contributed by atoms with van der Waals surface area (Å²) in [5.41, 5.74) is 6.54. The predicted molar refractivity (Wildman–Crippen MR) is 55.8 cm³/mol. The van der Waals surface area contributed by atoms with Crippen LogP contribution in [0, 0.1) is 6.92 Å². The number of rotatable bonds is 2. The van der Waals surface area contributed by atoms with Gasteiger partial charge in [-0.3, -0.25) is 4.79 Å². The summed E-state index contributed by atoms with van der Waals surface area (Å²) in [4.78, 5) is 10.6. The van der Waals surface area contributed by atoms with Crippen molar-refractivity contribution in [3.63, 3.8) is 0 Å². The number of carbonyl (C=O) groups is 1. The van der Waals surface area contributed by atoms with Gasteiger partial charge in [-0.2, -0.15) is 0 Å². The highest BCUT2D eigenvalue weighted by molar-refractivity contribution is 6.42. The minimum absolute atomic E-state index is 0.348. The van der Waals surface area contributed by atoms with Crippen molar-refractivity contribution in [2.45, 2.75) is 13.0 Å². The zero-order valence-electron chi connectivity index (χ0n) is 7.42. The summed E-state index contributed by atoms with van der Waals surface area (Å²) in [7, 11) is 0. The normalized spacial score (nSPS) is 12.6. The number of aliphatic carboxylic acids is 1. The highest BCUT2D eigenvalue weighted by Gasteiger charge is 2.18. The van der Waals surface area contributed by atoms with Gasteiger partial charge in [0.25, 0.3) is 0 Å². The molecule has 1 aromatic rings. The molecular formula is C9H9Cl2NO2. The van der Waals surface area contributed by atoms with Crippen molar-refractivity contribution in [1.82, 2.24) is 0 Å². The van der Waals surface area contributed by atoms with E-state index in [4.69, 9.17) is 34.0 Å². The van der Waals surface area contributed by atoms with Gasteiger partial charge in [0.05, 0.1) is 10.0 Å². The summed E-state index contributed by atoms with van der Waals surface area (Å²) in [6.45, 7) is 1.69. The fourth-order valence-corrected chi connectivity index (χ4v) is 1.51. The Hall–Kier alpha value is -0.770. The molecule has 0 unspecified atom stereocenters. The molecule has 0 aliphatic rings. The van der Waals surface area contributed by atoms with Crippen LogP contribution < -0.4 is 5.73 Å². The number of carboxylic acids is 1. The summed E-state index contributed by atoms with van der Waals surface area (Å²) in [6.07, 6.45) is 0. The SMILES string of the molecule is Cc1c([C@H](N)C(=O)O)ccc(Cl)c1Cl. The van der Waals surface area contributed by atoms with Crippen molar-refractivity contribution in [2.24, 2.45) is 5.73 Å². The van der Waals surface area contributed by atoms with Crippen LogP contribution in [0.3, 0.4) is 0 Å². The van der Waals surface area contributed by atoms with Crippen molar-refractivity contribution in [3.8, 4) is 0 Å². The molecule has 0 saturated heterocycles. The zero-order chi connectivity index (χ0) is 10.9. The van der Waals surface area contributed by atoms with Gasteiger partial charge >= 0.3 is 5.97 Å². The number of nitrogens with two attached hydrogens (primary N) is 1. The first-order valence-corrected chi connectivity index (χ1v) is 4.63. The predicted octanol–water partition coefficient (Wildman–Crippen LogP) is 2.39. The fraction of sp³-hybridized carbons (Fsp3) is 0.222. The van der Waals surface area contributed by atoms with E-state index in [1.54, 1.807) is 13.0 Å². The Labute approximate surface area is 91.4 Å². The fourth-order valence-electron chi connectivity index (χ4n) is 1.14. The molecule has 14 heavy (non-hydrogen) atoms. The van der Waals surface area contributed by atoms with Gasteiger partial charge in [0.15, 0.2) is 0 Å². The van der Waals surface area contributed by atoms with Gasteiger partial charge in [0.2, 0.25) is 0 Å². The van der Waals surface area contributed by atoms with Gasteiger partial charge in [-0.25, -0.2) is 0 Å². The van der Waals surface area contributed by atoms with Gasteiger partial charge in [-0.1, -0.05) is 29.3 Å². The van der Waals surface area contributed by atoms with E-state index < -0.39 is 12.0 Å². The Balaban J connectivity index is 3.24. The average molecular weight is 234 g/mol. The van der Waals surface area contributed by atoms with Gasteiger partial charge < -0.3 is 10.8 Å². The number of hydrogen-bond acceptors (Lipinski definition) is 2. The summed E-state index contributed by atoms with van der Waals surface area (Å²) < 4.78 is 0. The third-order valence-electron chi connectivity index (χ3n) is 1.98. The van der Waals surface area contributed by atoms with Gasteiger partial charge in [0, 0.05) is 0 Å². The second kappa shape index (κ2) is 4.17. The second-order valence-electron chi connectivity index (χ2n) is 2.89. The molecule has 0 aliphatic heterocycles. The van der Waals surface area contributed by atoms with E-state index in [1.807, 2.05) is 0 Å². The Morgan fingerprint density at radius 1 is 1.50 bits per heavy atom. The number of benzene rings is 1. The smallest absolute Gasteiger partial charge is 0.325 e. The Morgan fingerprint density at radius 2 is 2.07 bits per heavy atom. The minimum Gasteiger partial charge on any atom is -0.480 e. The number of carboxylic acid groups (broad SMARTS) is 1. The third kappa shape index (κ3) is 2.00. The average Bonchev–Trinajstić information content (AvgIpc) is 2.13. The topological polar surface area (TPSA) is 63.3 Å². The van der Waals surface area contributed by atoms with Crippen LogP contribution in [0.15, 0.2) is 12.1 Å². The lowest BCUT2D eigenvalue weighted by Gasteiger charge is -2.12. The molecule has 0 bridgehead atoms. The van der Waals surface area contributed by atoms with Crippen LogP contribution in [0.1, 0.15) is 17.2 Å². The van der Waals surface area contributed by atoms with E-state index in [9.17, 15) is 4.79 Å². The molecule has 0 spiro atoms. The molecule has 3 N–H and O–H groups in total. The summed E-state index contributed by atoms with van der Waals surface area (Å²) in [6, 6.07) is 2.04. The lowest BCUT2D eigenvalue weighted by atomic mass is 10.0. The van der Waals surface area contributed by atoms with Crippen LogP contribution in [-0.4, -0.2) is 11.1 Å². The van der Waals surface area contributed by atoms with Crippen molar-refractivity contribution in [3.05, 3.63) is 33.3 Å². The molecule has 1 rings (SSSR count). The van der Waals surface area contributed by atoms with Crippen LogP contribution in [0.2, 0.25) is 10.0 Å². The standard InChI is InChI=1S/C9H9Cl2NO2/c1-4-5(8(12)9(13)14)2-3-6(10)7(4)11/h2-3,8H,12H2,1H3,(H,13,14)/t8-/m0/s1. The van der Waals surface area contributed by atoms with Crippen LogP contribution >= 0.6 is 23.2 Å². The molecule has 0 aromatic heterocycles. The van der Waals surface area contributed by atoms with Crippen molar-refractivity contribution in [2.75, 3.05) is 0 Å². The number of hydrogen-bond donors (Lipinski definition) is 2. The van der Waals surface area contributed by atoms with E-state index in [-0.39, 0.29) is 0 Å². The first kappa shape index (κ1) is 11.3. The van der Waals surface area contributed by atoms with E-state index in [0.717, 1.165) is 0 Å². The largest absolute Gasteiger partial charge is 0.480 e. The van der Waals surface area contributed by atoms with E-state index in [0.29, 0.717) is 21.2 Å². The maximum Gasteiger partial charge on any atom is 0.325 e. The lowest BCUT2D eigenvalue weighted by Crippen LogP contribution is -2.21. The van der Waals surface area contributed by atoms with Gasteiger partial charge in [0.1, 0.15) is 6.04 Å².